The van der Waals surface area contributed by atoms with Gasteiger partial charge in [-0.3, -0.25) is 4.79 Å². The molecule has 2 atom stereocenters. The Morgan fingerprint density at radius 1 is 1.11 bits per heavy atom. The van der Waals surface area contributed by atoms with Crippen molar-refractivity contribution in [1.82, 2.24) is 5.32 Å². The molecule has 1 aliphatic heterocycles. The Morgan fingerprint density at radius 3 is 2.37 bits per heavy atom. The second kappa shape index (κ2) is 8.03. The fraction of sp³-hybridized carbons (Fsp3) is 0.318. The maximum Gasteiger partial charge on any atom is 0.311 e. The minimum absolute atomic E-state index is 0.144. The van der Waals surface area contributed by atoms with E-state index in [1.165, 1.54) is 23.1 Å². The Hall–Kier alpha value is -1.85. The summed E-state index contributed by atoms with van der Waals surface area (Å²) in [5.74, 6) is 0.0954. The predicted octanol–water partition coefficient (Wildman–Crippen LogP) is 4.70. The molecule has 0 bridgehead atoms. The van der Waals surface area contributed by atoms with Gasteiger partial charge in [0, 0.05) is 16.1 Å². The normalized spacial score (nSPS) is 19.7. The first-order chi connectivity index (χ1) is 12.9. The van der Waals surface area contributed by atoms with E-state index in [9.17, 15) is 4.79 Å². The molecule has 27 heavy (non-hydrogen) atoms. The van der Waals surface area contributed by atoms with Gasteiger partial charge in [-0.25, -0.2) is 0 Å². The standard InChI is InChI=1S/C22H26BrNO2Si/c1-15-21(17-12-8-9-13-18(17)23)24-19(14-20(25)26-2)22(15)27(3,4)16-10-6-5-7-11-16/h5-13,15,21,24H,14H2,1-4H3/t15-,21-/m0/s1. The van der Waals surface area contributed by atoms with Crippen LogP contribution in [0.2, 0.25) is 13.1 Å². The second-order valence-corrected chi connectivity index (χ2v) is 12.8. The first-order valence-electron chi connectivity index (χ1n) is 9.23. The zero-order valence-corrected chi connectivity index (χ0v) is 18.8. The van der Waals surface area contributed by atoms with Gasteiger partial charge in [0.15, 0.2) is 0 Å². The van der Waals surface area contributed by atoms with E-state index in [2.05, 4.69) is 89.8 Å². The van der Waals surface area contributed by atoms with Crippen molar-refractivity contribution in [3.63, 3.8) is 0 Å². The van der Waals surface area contributed by atoms with E-state index in [1.807, 2.05) is 6.07 Å². The third kappa shape index (κ3) is 3.89. The van der Waals surface area contributed by atoms with E-state index < -0.39 is 8.07 Å². The van der Waals surface area contributed by atoms with Crippen molar-refractivity contribution in [2.45, 2.75) is 32.5 Å². The maximum absolute atomic E-state index is 12.1. The Morgan fingerprint density at radius 2 is 1.74 bits per heavy atom. The van der Waals surface area contributed by atoms with Crippen molar-refractivity contribution in [1.29, 1.82) is 0 Å². The van der Waals surface area contributed by atoms with Crippen LogP contribution in [-0.4, -0.2) is 21.2 Å². The largest absolute Gasteiger partial charge is 0.469 e. The van der Waals surface area contributed by atoms with E-state index in [0.29, 0.717) is 12.3 Å². The number of methoxy groups -OCH3 is 1. The van der Waals surface area contributed by atoms with Crippen molar-refractivity contribution < 1.29 is 9.53 Å². The molecule has 5 heteroatoms. The van der Waals surface area contributed by atoms with Crippen LogP contribution in [0.1, 0.15) is 24.9 Å². The third-order valence-corrected chi connectivity index (χ3v) is 10.2. The van der Waals surface area contributed by atoms with Crippen molar-refractivity contribution >= 4 is 35.2 Å². The monoisotopic (exact) mass is 443 g/mol. The van der Waals surface area contributed by atoms with Gasteiger partial charge in [-0.05, 0) is 11.6 Å². The van der Waals surface area contributed by atoms with E-state index in [1.54, 1.807) is 0 Å². The van der Waals surface area contributed by atoms with Gasteiger partial charge in [-0.15, -0.1) is 0 Å². The van der Waals surface area contributed by atoms with Gasteiger partial charge in [0.25, 0.3) is 0 Å². The number of nitrogens with one attached hydrogen (secondary N) is 1. The topological polar surface area (TPSA) is 38.3 Å². The molecular weight excluding hydrogens is 418 g/mol. The quantitative estimate of drug-likeness (QED) is 0.537. The summed E-state index contributed by atoms with van der Waals surface area (Å²) in [6, 6.07) is 19.1. The lowest BCUT2D eigenvalue weighted by Crippen LogP contribution is -2.45. The number of carbonyl (C=O) groups excluding carboxylic acids is 1. The average molecular weight is 444 g/mol. The molecule has 1 N–H and O–H groups in total. The number of hydrogen-bond acceptors (Lipinski definition) is 3. The minimum atomic E-state index is -1.95. The van der Waals surface area contributed by atoms with Crippen LogP contribution in [0.25, 0.3) is 0 Å². The molecule has 3 nitrogen and oxygen atoms in total. The Labute approximate surface area is 171 Å². The lowest BCUT2D eigenvalue weighted by Gasteiger charge is -2.30. The third-order valence-electron chi connectivity index (χ3n) is 5.57. The van der Waals surface area contributed by atoms with E-state index in [4.69, 9.17) is 4.74 Å². The fourth-order valence-electron chi connectivity index (χ4n) is 4.23. The number of benzene rings is 2. The summed E-state index contributed by atoms with van der Waals surface area (Å²) in [6.07, 6.45) is 0.292. The minimum Gasteiger partial charge on any atom is -0.469 e. The molecule has 2 aromatic rings. The SMILES string of the molecule is COC(=O)CC1=C([Si](C)(C)c2ccccc2)[C@@H](C)[C@@H](c2ccccc2Br)N1. The fourth-order valence-corrected chi connectivity index (χ4v) is 8.31. The zero-order valence-electron chi connectivity index (χ0n) is 16.3. The summed E-state index contributed by atoms with van der Waals surface area (Å²) < 4.78 is 6.06. The van der Waals surface area contributed by atoms with Crippen LogP contribution < -0.4 is 10.5 Å². The number of hydrogen-bond donors (Lipinski definition) is 1. The van der Waals surface area contributed by atoms with E-state index in [-0.39, 0.29) is 12.0 Å². The van der Waals surface area contributed by atoms with Crippen molar-refractivity contribution in [2.24, 2.45) is 5.92 Å². The van der Waals surface area contributed by atoms with Crippen LogP contribution >= 0.6 is 15.9 Å². The Bertz CT molecular complexity index is 864. The summed E-state index contributed by atoms with van der Waals surface area (Å²) in [7, 11) is -0.500. The zero-order chi connectivity index (χ0) is 19.6. The molecule has 0 spiro atoms. The Kier molecular flexibility index (Phi) is 5.91. The van der Waals surface area contributed by atoms with Gasteiger partial charge in [-0.2, -0.15) is 0 Å². The molecule has 0 fully saturated rings. The number of esters is 1. The highest BCUT2D eigenvalue weighted by Crippen LogP contribution is 2.43. The van der Waals surface area contributed by atoms with Crippen molar-refractivity contribution in [2.75, 3.05) is 7.11 Å². The molecular formula is C22H26BrNO2Si. The van der Waals surface area contributed by atoms with Gasteiger partial charge in [-0.1, -0.05) is 94.9 Å². The molecule has 0 saturated heterocycles. The van der Waals surface area contributed by atoms with E-state index in [0.717, 1.165) is 10.2 Å². The van der Waals surface area contributed by atoms with Crippen LogP contribution in [0, 0.1) is 5.92 Å². The van der Waals surface area contributed by atoms with Crippen LogP contribution in [0.4, 0.5) is 0 Å². The average Bonchev–Trinajstić information content (AvgIpc) is 2.99. The first-order valence-corrected chi connectivity index (χ1v) is 13.0. The van der Waals surface area contributed by atoms with Crippen LogP contribution in [0.5, 0.6) is 0 Å². The molecule has 0 amide bonds. The van der Waals surface area contributed by atoms with Gasteiger partial charge in [0.05, 0.1) is 19.6 Å². The molecule has 1 heterocycles. The van der Waals surface area contributed by atoms with Crippen molar-refractivity contribution in [3.05, 3.63) is 75.5 Å². The summed E-state index contributed by atoms with van der Waals surface area (Å²) in [6.45, 7) is 7.01. The molecule has 1 aliphatic rings. The maximum atomic E-state index is 12.1. The van der Waals surface area contributed by atoms with Crippen molar-refractivity contribution in [3.8, 4) is 0 Å². The summed E-state index contributed by atoms with van der Waals surface area (Å²) in [4.78, 5) is 12.1. The molecule has 142 valence electrons. The molecule has 3 rings (SSSR count). The van der Waals surface area contributed by atoms with Gasteiger partial charge in [0.1, 0.15) is 8.07 Å². The predicted molar refractivity (Wildman–Crippen MR) is 116 cm³/mol. The highest BCUT2D eigenvalue weighted by molar-refractivity contribution is 9.10. The van der Waals surface area contributed by atoms with Gasteiger partial charge >= 0.3 is 5.97 Å². The molecule has 0 aromatic heterocycles. The summed E-state index contributed by atoms with van der Waals surface area (Å²) >= 11 is 3.69. The highest BCUT2D eigenvalue weighted by atomic mass is 79.9. The number of halogens is 1. The lowest BCUT2D eigenvalue weighted by molar-refractivity contribution is -0.139. The van der Waals surface area contributed by atoms with Crippen LogP contribution in [-0.2, 0) is 9.53 Å². The highest BCUT2D eigenvalue weighted by Gasteiger charge is 2.42. The smallest absolute Gasteiger partial charge is 0.311 e. The summed E-state index contributed by atoms with van der Waals surface area (Å²) in [5, 5.41) is 6.45. The van der Waals surface area contributed by atoms with Crippen LogP contribution in [0.3, 0.4) is 0 Å². The second-order valence-electron chi connectivity index (χ2n) is 7.57. The number of rotatable bonds is 5. The Balaban J connectivity index is 2.06. The number of carbonyl (C=O) groups is 1. The van der Waals surface area contributed by atoms with Gasteiger partial charge < -0.3 is 10.1 Å². The summed E-state index contributed by atoms with van der Waals surface area (Å²) in [5.41, 5.74) is 2.26. The lowest BCUT2D eigenvalue weighted by atomic mass is 9.97. The molecule has 0 aliphatic carbocycles. The molecule has 0 saturated carbocycles. The van der Waals surface area contributed by atoms with Crippen LogP contribution in [0.15, 0.2) is 70.0 Å². The van der Waals surface area contributed by atoms with E-state index >= 15 is 0 Å². The van der Waals surface area contributed by atoms with Gasteiger partial charge in [0.2, 0.25) is 0 Å². The molecule has 0 unspecified atom stereocenters. The molecule has 2 aromatic carbocycles. The number of ether oxygens (including phenoxy) is 1. The molecule has 0 radical (unpaired) electrons. The first kappa shape index (κ1) is 19.9.